The first-order chi connectivity index (χ1) is 14.1. The first-order valence-electron chi connectivity index (χ1n) is 9.80. The molecule has 4 rings (SSSR count). The Balaban J connectivity index is 1.41. The van der Waals surface area contributed by atoms with Crippen LogP contribution in [0, 0.1) is 0 Å². The van der Waals surface area contributed by atoms with Gasteiger partial charge in [0, 0.05) is 13.2 Å². The fourth-order valence-corrected chi connectivity index (χ4v) is 4.03. The van der Waals surface area contributed by atoms with Gasteiger partial charge >= 0.3 is 0 Å². The van der Waals surface area contributed by atoms with Crippen LogP contribution in [0.2, 0.25) is 0 Å². The number of ether oxygens (including phenoxy) is 2. The lowest BCUT2D eigenvalue weighted by molar-refractivity contribution is -0.114. The fourth-order valence-electron chi connectivity index (χ4n) is 4.03. The molecule has 1 fully saturated rings. The van der Waals surface area contributed by atoms with Crippen LogP contribution in [-0.4, -0.2) is 67.4 Å². The van der Waals surface area contributed by atoms with Crippen molar-refractivity contribution < 1.29 is 19.4 Å². The Morgan fingerprint density at radius 1 is 1.14 bits per heavy atom. The molecule has 0 spiro atoms. The molecule has 0 radical (unpaired) electrons. The molecule has 3 aliphatic rings. The Kier molecular flexibility index (Phi) is 5.60. The molecule has 1 unspecified atom stereocenters. The van der Waals surface area contributed by atoms with Crippen LogP contribution in [0.15, 0.2) is 57.7 Å². The largest absolute Gasteiger partial charge is 0.508 e. The number of rotatable bonds is 5. The predicted octanol–water partition coefficient (Wildman–Crippen LogP) is 2.44. The number of carbonyl (C=O) groups excluding carboxylic acids is 1. The van der Waals surface area contributed by atoms with Gasteiger partial charge in [0.2, 0.25) is 0 Å². The number of fused-ring (bicyclic) bond motifs is 1. The topological polar surface area (TPSA) is 83.7 Å². The van der Waals surface area contributed by atoms with Crippen LogP contribution in [0.4, 0.5) is 0 Å². The lowest BCUT2D eigenvalue weighted by atomic mass is 9.89. The molecular formula is C22H25N3O4. The summed E-state index contributed by atoms with van der Waals surface area (Å²) in [5, 5.41) is 9.46. The summed E-state index contributed by atoms with van der Waals surface area (Å²) < 4.78 is 10.7. The maximum absolute atomic E-state index is 12.5. The average molecular weight is 395 g/mol. The maximum Gasteiger partial charge on any atom is 0.280 e. The average Bonchev–Trinajstić information content (AvgIpc) is 2.74. The number of amidine groups is 1. The molecule has 0 bridgehead atoms. The molecule has 2 heterocycles. The number of likely N-dealkylation sites (tertiary alicyclic amines) is 1. The second-order valence-electron chi connectivity index (χ2n) is 7.46. The smallest absolute Gasteiger partial charge is 0.280 e. The molecule has 1 aromatic carbocycles. The summed E-state index contributed by atoms with van der Waals surface area (Å²) in [6, 6.07) is 7.47. The number of methoxy groups -OCH3 is 2. The van der Waals surface area contributed by atoms with E-state index in [4.69, 9.17) is 9.47 Å². The molecule has 2 aliphatic heterocycles. The van der Waals surface area contributed by atoms with Gasteiger partial charge < -0.3 is 14.6 Å². The Morgan fingerprint density at radius 3 is 2.52 bits per heavy atom. The van der Waals surface area contributed by atoms with E-state index in [2.05, 4.69) is 14.9 Å². The number of hydrogen-bond donors (Lipinski definition) is 1. The molecule has 7 nitrogen and oxygen atoms in total. The third-order valence-electron chi connectivity index (χ3n) is 5.67. The summed E-state index contributed by atoms with van der Waals surface area (Å²) in [6.07, 6.45) is 5.12. The molecule has 1 saturated heterocycles. The first-order valence-corrected chi connectivity index (χ1v) is 9.80. The number of phenolic OH excluding ortho intramolecular Hbond substituents is 1. The van der Waals surface area contributed by atoms with Gasteiger partial charge in [-0.2, -0.15) is 4.99 Å². The van der Waals surface area contributed by atoms with Gasteiger partial charge in [-0.15, -0.1) is 0 Å². The van der Waals surface area contributed by atoms with Gasteiger partial charge in [-0.1, -0.05) is 12.1 Å². The second kappa shape index (κ2) is 8.31. The van der Waals surface area contributed by atoms with Crippen molar-refractivity contribution in [3.05, 3.63) is 53.3 Å². The maximum atomic E-state index is 12.5. The van der Waals surface area contributed by atoms with Gasteiger partial charge in [0.15, 0.2) is 0 Å². The normalized spacial score (nSPS) is 23.0. The zero-order chi connectivity index (χ0) is 20.4. The molecule has 1 amide bonds. The van der Waals surface area contributed by atoms with Crippen molar-refractivity contribution in [2.45, 2.75) is 24.9 Å². The third kappa shape index (κ3) is 4.16. The van der Waals surface area contributed by atoms with Crippen LogP contribution in [-0.2, 0) is 14.3 Å². The number of benzene rings is 1. The van der Waals surface area contributed by atoms with E-state index in [1.165, 1.54) is 5.56 Å². The first kappa shape index (κ1) is 19.5. The molecule has 1 N–H and O–H groups in total. The van der Waals surface area contributed by atoms with Crippen molar-refractivity contribution in [1.82, 2.24) is 4.90 Å². The predicted molar refractivity (Wildman–Crippen MR) is 110 cm³/mol. The molecule has 1 atom stereocenters. The summed E-state index contributed by atoms with van der Waals surface area (Å²) in [5.74, 6) is 1.66. The fraction of sp³-hybridized carbons (Fsp3) is 0.409. The standard InChI is InChI=1S/C22H25N3O4/c1-28-19-11-17-18(12-20(19)29-2)23-21(24-22(17)27)13-25-9-7-15(8-10-25)14-3-5-16(26)6-4-14/h3-6,11-12,15,19,26H,7-10,13H2,1-2H3. The van der Waals surface area contributed by atoms with E-state index in [1.807, 2.05) is 12.1 Å². The molecule has 1 aliphatic carbocycles. The Bertz CT molecular complexity index is 906. The molecule has 0 aromatic heterocycles. The minimum Gasteiger partial charge on any atom is -0.508 e. The number of amides is 1. The number of phenols is 1. The number of carbonyl (C=O) groups is 1. The van der Waals surface area contributed by atoms with Crippen LogP contribution in [0.3, 0.4) is 0 Å². The lowest BCUT2D eigenvalue weighted by Gasteiger charge is -2.32. The van der Waals surface area contributed by atoms with E-state index in [1.54, 1.807) is 38.5 Å². The third-order valence-corrected chi connectivity index (χ3v) is 5.67. The second-order valence-corrected chi connectivity index (χ2v) is 7.46. The highest BCUT2D eigenvalue weighted by Crippen LogP contribution is 2.29. The van der Waals surface area contributed by atoms with Crippen LogP contribution in [0.5, 0.6) is 5.75 Å². The van der Waals surface area contributed by atoms with E-state index < -0.39 is 6.10 Å². The lowest BCUT2D eigenvalue weighted by Crippen LogP contribution is -2.38. The number of nitrogens with zero attached hydrogens (tertiary/aromatic N) is 3. The monoisotopic (exact) mass is 395 g/mol. The van der Waals surface area contributed by atoms with Crippen molar-refractivity contribution >= 4 is 17.5 Å². The van der Waals surface area contributed by atoms with Gasteiger partial charge in [0.05, 0.1) is 24.9 Å². The molecule has 1 aromatic rings. The van der Waals surface area contributed by atoms with Crippen LogP contribution < -0.4 is 0 Å². The minimum absolute atomic E-state index is 0.280. The number of aliphatic imine (C=N–C) groups is 2. The summed E-state index contributed by atoms with van der Waals surface area (Å²) in [5.41, 5.74) is 2.31. The van der Waals surface area contributed by atoms with E-state index in [0.717, 1.165) is 25.9 Å². The van der Waals surface area contributed by atoms with Crippen molar-refractivity contribution in [2.24, 2.45) is 9.98 Å². The van der Waals surface area contributed by atoms with Crippen molar-refractivity contribution in [1.29, 1.82) is 0 Å². The summed E-state index contributed by atoms with van der Waals surface area (Å²) in [4.78, 5) is 23.6. The highest BCUT2D eigenvalue weighted by atomic mass is 16.5. The number of aromatic hydroxyl groups is 1. The molecule has 29 heavy (non-hydrogen) atoms. The van der Waals surface area contributed by atoms with Crippen LogP contribution in [0.1, 0.15) is 24.3 Å². The zero-order valence-electron chi connectivity index (χ0n) is 16.7. The van der Waals surface area contributed by atoms with Gasteiger partial charge in [0.25, 0.3) is 5.91 Å². The van der Waals surface area contributed by atoms with Crippen LogP contribution in [0.25, 0.3) is 0 Å². The van der Waals surface area contributed by atoms with Gasteiger partial charge in [-0.3, -0.25) is 9.69 Å². The van der Waals surface area contributed by atoms with Crippen molar-refractivity contribution in [3.8, 4) is 5.75 Å². The molecule has 0 saturated carbocycles. The van der Waals surface area contributed by atoms with Crippen molar-refractivity contribution in [2.75, 3.05) is 33.9 Å². The summed E-state index contributed by atoms with van der Waals surface area (Å²) in [6.45, 7) is 2.38. The number of hydrogen-bond acceptors (Lipinski definition) is 6. The number of allylic oxidation sites excluding steroid dienone is 1. The minimum atomic E-state index is -0.395. The summed E-state index contributed by atoms with van der Waals surface area (Å²) in [7, 11) is 3.15. The molecule has 152 valence electrons. The highest BCUT2D eigenvalue weighted by molar-refractivity contribution is 6.33. The quantitative estimate of drug-likeness (QED) is 0.828. The van der Waals surface area contributed by atoms with Crippen molar-refractivity contribution in [3.63, 3.8) is 0 Å². The summed E-state index contributed by atoms with van der Waals surface area (Å²) >= 11 is 0. The number of piperidine rings is 1. The van der Waals surface area contributed by atoms with Gasteiger partial charge in [-0.05, 0) is 55.6 Å². The van der Waals surface area contributed by atoms with E-state index in [0.29, 0.717) is 41.1 Å². The van der Waals surface area contributed by atoms with E-state index in [9.17, 15) is 9.90 Å². The van der Waals surface area contributed by atoms with E-state index in [-0.39, 0.29) is 5.91 Å². The molecular weight excluding hydrogens is 370 g/mol. The molecule has 7 heteroatoms. The van der Waals surface area contributed by atoms with Gasteiger partial charge in [-0.25, -0.2) is 4.99 Å². The van der Waals surface area contributed by atoms with E-state index >= 15 is 0 Å². The van der Waals surface area contributed by atoms with Gasteiger partial charge in [0.1, 0.15) is 23.4 Å². The SMILES string of the molecule is COC1=CC2=NC(CN3CCC(c4ccc(O)cc4)CC3)=NC(=O)C2=CC1OC. The zero-order valence-corrected chi connectivity index (χ0v) is 16.7. The van der Waals surface area contributed by atoms with Crippen LogP contribution >= 0.6 is 0 Å². The Labute approximate surface area is 170 Å². The Morgan fingerprint density at radius 2 is 1.86 bits per heavy atom. The Hall–Kier alpha value is -2.77. The highest BCUT2D eigenvalue weighted by Gasteiger charge is 2.30.